The molecular formula is C18H24N6O2. The van der Waals surface area contributed by atoms with Gasteiger partial charge in [-0.15, -0.1) is 0 Å². The second kappa shape index (κ2) is 6.26. The van der Waals surface area contributed by atoms with Crippen molar-refractivity contribution in [1.82, 2.24) is 24.6 Å². The van der Waals surface area contributed by atoms with Gasteiger partial charge in [0.15, 0.2) is 0 Å². The van der Waals surface area contributed by atoms with Crippen LogP contribution in [0.2, 0.25) is 0 Å². The number of hydrogen-bond donors (Lipinski definition) is 0. The lowest BCUT2D eigenvalue weighted by Crippen LogP contribution is -2.54. The van der Waals surface area contributed by atoms with Crippen molar-refractivity contribution < 1.29 is 9.53 Å². The van der Waals surface area contributed by atoms with Crippen LogP contribution in [-0.2, 0) is 11.8 Å². The van der Waals surface area contributed by atoms with Crippen molar-refractivity contribution in [3.8, 4) is 5.88 Å². The number of aromatic nitrogens is 4. The molecule has 1 atom stereocenters. The van der Waals surface area contributed by atoms with Crippen LogP contribution in [0.4, 0.5) is 5.82 Å². The molecule has 26 heavy (non-hydrogen) atoms. The highest BCUT2D eigenvalue weighted by Gasteiger charge is 2.53. The fraction of sp³-hybridized carbons (Fsp3) is 0.556. The second-order valence-electron chi connectivity index (χ2n) is 7.17. The Morgan fingerprint density at radius 1 is 1.23 bits per heavy atom. The van der Waals surface area contributed by atoms with Gasteiger partial charge in [-0.1, -0.05) is 0 Å². The van der Waals surface area contributed by atoms with E-state index >= 15 is 0 Å². The lowest BCUT2D eigenvalue weighted by molar-refractivity contribution is -0.130. The van der Waals surface area contributed by atoms with Crippen LogP contribution in [0.15, 0.2) is 24.8 Å². The molecule has 8 heteroatoms. The summed E-state index contributed by atoms with van der Waals surface area (Å²) >= 11 is 0. The third kappa shape index (κ3) is 2.60. The summed E-state index contributed by atoms with van der Waals surface area (Å²) in [5.41, 5.74) is 1.01. The number of carbonyl (C=O) groups excluding carboxylic acids is 1. The highest BCUT2D eigenvalue weighted by Crippen LogP contribution is 2.48. The Kier molecular flexibility index (Phi) is 4.05. The van der Waals surface area contributed by atoms with Crippen molar-refractivity contribution in [3.05, 3.63) is 30.4 Å². The van der Waals surface area contributed by atoms with E-state index in [-0.39, 0.29) is 17.4 Å². The molecule has 1 spiro atoms. The van der Waals surface area contributed by atoms with Gasteiger partial charge >= 0.3 is 0 Å². The Morgan fingerprint density at radius 3 is 2.65 bits per heavy atom. The minimum atomic E-state index is -0.145. The molecule has 2 aromatic rings. The normalized spacial score (nSPS) is 22.3. The third-order valence-corrected chi connectivity index (χ3v) is 5.99. The number of nitrogens with zero attached hydrogens (tertiary/aromatic N) is 6. The lowest BCUT2D eigenvalue weighted by Gasteiger charge is -2.46. The van der Waals surface area contributed by atoms with E-state index in [1.807, 2.05) is 42.1 Å². The average Bonchev–Trinajstić information content (AvgIpc) is 3.20. The van der Waals surface area contributed by atoms with Gasteiger partial charge in [-0.3, -0.25) is 9.48 Å². The van der Waals surface area contributed by atoms with Gasteiger partial charge in [0.25, 0.3) is 0 Å². The maximum Gasteiger partial charge on any atom is 0.223 e. The molecule has 0 bridgehead atoms. The number of amides is 1. The predicted molar refractivity (Wildman–Crippen MR) is 96.1 cm³/mol. The summed E-state index contributed by atoms with van der Waals surface area (Å²) < 4.78 is 7.02. The number of carbonyl (C=O) groups is 1. The van der Waals surface area contributed by atoms with Crippen LogP contribution in [0.1, 0.15) is 30.7 Å². The number of piperidine rings is 1. The zero-order valence-corrected chi connectivity index (χ0v) is 15.4. The fourth-order valence-corrected chi connectivity index (χ4v) is 4.45. The number of anilines is 1. The van der Waals surface area contributed by atoms with Crippen LogP contribution in [-0.4, -0.2) is 63.3 Å². The first-order valence-corrected chi connectivity index (χ1v) is 8.90. The number of hydrogen-bond acceptors (Lipinski definition) is 6. The van der Waals surface area contributed by atoms with E-state index in [2.05, 4.69) is 20.0 Å². The van der Waals surface area contributed by atoms with Gasteiger partial charge in [-0.05, 0) is 18.4 Å². The van der Waals surface area contributed by atoms with Crippen molar-refractivity contribution >= 4 is 11.7 Å². The Bertz CT molecular complexity index is 812. The Labute approximate surface area is 152 Å². The molecule has 2 fully saturated rings. The van der Waals surface area contributed by atoms with Crippen LogP contribution in [0.3, 0.4) is 0 Å². The number of rotatable bonds is 3. The van der Waals surface area contributed by atoms with E-state index in [9.17, 15) is 4.79 Å². The van der Waals surface area contributed by atoms with Gasteiger partial charge in [-0.2, -0.15) is 5.10 Å². The van der Waals surface area contributed by atoms with Crippen molar-refractivity contribution in [2.45, 2.75) is 30.7 Å². The van der Waals surface area contributed by atoms with E-state index in [0.29, 0.717) is 12.3 Å². The van der Waals surface area contributed by atoms with Gasteiger partial charge in [0.2, 0.25) is 11.8 Å². The molecule has 0 radical (unpaired) electrons. The smallest absolute Gasteiger partial charge is 0.223 e. The number of likely N-dealkylation sites (N-methyl/N-ethyl adjacent to an activating group) is 1. The highest BCUT2D eigenvalue weighted by molar-refractivity contribution is 5.81. The third-order valence-electron chi connectivity index (χ3n) is 5.99. The molecular weight excluding hydrogens is 332 g/mol. The fourth-order valence-electron chi connectivity index (χ4n) is 4.45. The molecule has 138 valence electrons. The van der Waals surface area contributed by atoms with Gasteiger partial charge < -0.3 is 14.5 Å². The molecule has 4 heterocycles. The lowest BCUT2D eigenvalue weighted by atomic mass is 9.74. The molecule has 0 aromatic carbocycles. The summed E-state index contributed by atoms with van der Waals surface area (Å²) in [5, 5.41) is 4.32. The molecule has 2 aromatic heterocycles. The van der Waals surface area contributed by atoms with Gasteiger partial charge in [0.05, 0.1) is 18.8 Å². The first-order chi connectivity index (χ1) is 12.5. The number of likely N-dealkylation sites (tertiary alicyclic amines) is 1. The average molecular weight is 356 g/mol. The molecule has 2 aliphatic rings. The molecule has 8 nitrogen and oxygen atoms in total. The van der Waals surface area contributed by atoms with E-state index in [0.717, 1.165) is 37.3 Å². The first-order valence-electron chi connectivity index (χ1n) is 8.90. The first kappa shape index (κ1) is 16.8. The molecule has 0 unspecified atom stereocenters. The predicted octanol–water partition coefficient (Wildman–Crippen LogP) is 1.20. The SMILES string of the molecule is COc1cc(N2CCC3(CC2)[C@@H](c2cnn(C)c2)CC(=O)N3C)ncn1. The van der Waals surface area contributed by atoms with E-state index in [1.165, 1.54) is 6.33 Å². The van der Waals surface area contributed by atoms with Crippen molar-refractivity contribution in [2.75, 3.05) is 32.1 Å². The highest BCUT2D eigenvalue weighted by atomic mass is 16.5. The van der Waals surface area contributed by atoms with Crippen molar-refractivity contribution in [1.29, 1.82) is 0 Å². The topological polar surface area (TPSA) is 76.4 Å². The largest absolute Gasteiger partial charge is 0.481 e. The number of methoxy groups -OCH3 is 1. The van der Waals surface area contributed by atoms with Gasteiger partial charge in [0, 0.05) is 51.8 Å². The molecule has 4 rings (SSSR count). The quantitative estimate of drug-likeness (QED) is 0.823. The molecule has 0 aliphatic carbocycles. The van der Waals surface area contributed by atoms with E-state index in [4.69, 9.17) is 4.74 Å². The van der Waals surface area contributed by atoms with Crippen LogP contribution in [0.5, 0.6) is 5.88 Å². The van der Waals surface area contributed by atoms with Crippen molar-refractivity contribution in [3.63, 3.8) is 0 Å². The van der Waals surface area contributed by atoms with Crippen LogP contribution >= 0.6 is 0 Å². The molecule has 2 saturated heterocycles. The van der Waals surface area contributed by atoms with Crippen LogP contribution < -0.4 is 9.64 Å². The summed E-state index contributed by atoms with van der Waals surface area (Å²) in [6.45, 7) is 1.68. The summed E-state index contributed by atoms with van der Waals surface area (Å²) in [6, 6.07) is 1.86. The van der Waals surface area contributed by atoms with Crippen molar-refractivity contribution in [2.24, 2.45) is 7.05 Å². The standard InChI is InChI=1S/C18H24N6O2/c1-22-11-13(10-21-22)14-8-17(25)23(2)18(14)4-6-24(7-5-18)15-9-16(26-3)20-12-19-15/h9-12,14H,4-8H2,1-3H3/t14-/m1/s1. The monoisotopic (exact) mass is 356 g/mol. The second-order valence-corrected chi connectivity index (χ2v) is 7.17. The summed E-state index contributed by atoms with van der Waals surface area (Å²) in [4.78, 5) is 25.2. The molecule has 2 aliphatic heterocycles. The molecule has 0 saturated carbocycles. The number of ether oxygens (including phenoxy) is 1. The zero-order chi connectivity index (χ0) is 18.3. The number of aryl methyl sites for hydroxylation is 1. The van der Waals surface area contributed by atoms with E-state index in [1.54, 1.807) is 7.11 Å². The van der Waals surface area contributed by atoms with Gasteiger partial charge in [0.1, 0.15) is 12.1 Å². The Hall–Kier alpha value is -2.64. The molecule has 1 amide bonds. The minimum Gasteiger partial charge on any atom is -0.481 e. The van der Waals surface area contributed by atoms with E-state index < -0.39 is 0 Å². The summed E-state index contributed by atoms with van der Waals surface area (Å²) in [7, 11) is 5.47. The maximum atomic E-state index is 12.5. The molecule has 0 N–H and O–H groups in total. The van der Waals surface area contributed by atoms with Crippen LogP contribution in [0, 0.1) is 0 Å². The minimum absolute atomic E-state index is 0.145. The Balaban J connectivity index is 1.58. The summed E-state index contributed by atoms with van der Waals surface area (Å²) in [6.07, 6.45) is 7.84. The maximum absolute atomic E-state index is 12.5. The van der Waals surface area contributed by atoms with Crippen LogP contribution in [0.25, 0.3) is 0 Å². The summed E-state index contributed by atoms with van der Waals surface area (Å²) in [5.74, 6) is 1.85. The zero-order valence-electron chi connectivity index (χ0n) is 15.4. The Morgan fingerprint density at radius 2 is 2.00 bits per heavy atom. The van der Waals surface area contributed by atoms with Gasteiger partial charge in [-0.25, -0.2) is 9.97 Å².